The zero-order valence-corrected chi connectivity index (χ0v) is 19.7. The lowest BCUT2D eigenvalue weighted by molar-refractivity contribution is 0.385. The quantitative estimate of drug-likeness (QED) is 0.477. The number of pyridine rings is 1. The standard InChI is InChI=1S/C27H24FN5O2/c1-16-5-6-18(15-30-16)20-11-17(14-29)12-21-24(20)32-26(27(2)9-4-10-31-27)33(25(21)34)19-7-8-23(35-3)22(28)13-19/h5-8,11-13,15,31H,4,9-10H2,1-3H3/t27-/m0/s1. The van der Waals surface area contributed by atoms with Crippen LogP contribution in [0.25, 0.3) is 27.7 Å². The van der Waals surface area contributed by atoms with Crippen LogP contribution in [0, 0.1) is 24.1 Å². The Labute approximate surface area is 201 Å². The molecule has 1 atom stereocenters. The van der Waals surface area contributed by atoms with Crippen molar-refractivity contribution in [3.63, 3.8) is 0 Å². The molecule has 8 heteroatoms. The second-order valence-electron chi connectivity index (χ2n) is 8.98. The van der Waals surface area contributed by atoms with Gasteiger partial charge >= 0.3 is 0 Å². The number of aryl methyl sites for hydroxylation is 1. The van der Waals surface area contributed by atoms with Gasteiger partial charge in [-0.25, -0.2) is 9.37 Å². The average molecular weight is 470 g/mol. The van der Waals surface area contributed by atoms with Crippen molar-refractivity contribution in [2.24, 2.45) is 0 Å². The van der Waals surface area contributed by atoms with Crippen LogP contribution in [0.3, 0.4) is 0 Å². The lowest BCUT2D eigenvalue weighted by atomic mass is 9.96. The maximum absolute atomic E-state index is 14.7. The summed E-state index contributed by atoms with van der Waals surface area (Å²) in [6.45, 7) is 4.67. The summed E-state index contributed by atoms with van der Waals surface area (Å²) in [5, 5.41) is 13.4. The van der Waals surface area contributed by atoms with Gasteiger partial charge < -0.3 is 10.1 Å². The summed E-state index contributed by atoms with van der Waals surface area (Å²) in [5.41, 5.74) is 2.45. The molecule has 4 aromatic rings. The van der Waals surface area contributed by atoms with Gasteiger partial charge in [-0.2, -0.15) is 5.26 Å². The van der Waals surface area contributed by atoms with E-state index in [0.29, 0.717) is 28.2 Å². The lowest BCUT2D eigenvalue weighted by Crippen LogP contribution is -2.40. The third-order valence-electron chi connectivity index (χ3n) is 6.58. The minimum atomic E-state index is -0.597. The molecule has 1 saturated heterocycles. The Morgan fingerprint density at radius 1 is 1.23 bits per heavy atom. The number of hydrogen-bond donors (Lipinski definition) is 1. The SMILES string of the molecule is COc1ccc(-n2c([C@]3(C)CCCN3)nc3c(-c4ccc(C)nc4)cc(C#N)cc3c2=O)cc1F. The Hall–Kier alpha value is -4.09. The summed E-state index contributed by atoms with van der Waals surface area (Å²) in [6, 6.07) is 13.6. The summed E-state index contributed by atoms with van der Waals surface area (Å²) in [5.74, 6) is -0.00371. The number of nitrogens with one attached hydrogen (secondary N) is 1. The lowest BCUT2D eigenvalue weighted by Gasteiger charge is -2.28. The molecule has 0 radical (unpaired) electrons. The van der Waals surface area contributed by atoms with Gasteiger partial charge in [-0.1, -0.05) is 6.07 Å². The summed E-state index contributed by atoms with van der Waals surface area (Å²) >= 11 is 0. The molecule has 1 aliphatic heterocycles. The highest BCUT2D eigenvalue weighted by molar-refractivity contribution is 5.94. The van der Waals surface area contributed by atoms with Crippen molar-refractivity contribution in [2.45, 2.75) is 32.2 Å². The smallest absolute Gasteiger partial charge is 0.266 e. The van der Waals surface area contributed by atoms with E-state index in [1.54, 1.807) is 24.4 Å². The molecule has 1 fully saturated rings. The van der Waals surface area contributed by atoms with Crippen LogP contribution in [0.2, 0.25) is 0 Å². The first kappa shape index (κ1) is 22.7. The molecule has 7 nitrogen and oxygen atoms in total. The summed E-state index contributed by atoms with van der Waals surface area (Å²) in [4.78, 5) is 23.4. The van der Waals surface area contributed by atoms with Gasteiger partial charge in [0.05, 0.1) is 40.9 Å². The van der Waals surface area contributed by atoms with Crippen LogP contribution in [0.4, 0.5) is 4.39 Å². The second-order valence-corrected chi connectivity index (χ2v) is 8.98. The van der Waals surface area contributed by atoms with Crippen molar-refractivity contribution in [1.29, 1.82) is 5.26 Å². The van der Waals surface area contributed by atoms with Gasteiger partial charge in [-0.3, -0.25) is 14.3 Å². The molecule has 0 saturated carbocycles. The largest absolute Gasteiger partial charge is 0.494 e. The highest BCUT2D eigenvalue weighted by Gasteiger charge is 2.36. The molecule has 0 bridgehead atoms. The van der Waals surface area contributed by atoms with Crippen molar-refractivity contribution in [2.75, 3.05) is 13.7 Å². The molecule has 1 N–H and O–H groups in total. The molecule has 176 valence electrons. The van der Waals surface area contributed by atoms with Gasteiger partial charge in [-0.05, 0) is 63.6 Å². The van der Waals surface area contributed by atoms with E-state index in [2.05, 4.69) is 16.4 Å². The van der Waals surface area contributed by atoms with Crippen LogP contribution in [0.5, 0.6) is 5.75 Å². The zero-order valence-electron chi connectivity index (χ0n) is 19.7. The molecule has 5 rings (SSSR count). The average Bonchev–Trinajstić information content (AvgIpc) is 3.31. The maximum Gasteiger partial charge on any atom is 0.266 e. The first-order valence-corrected chi connectivity index (χ1v) is 11.4. The van der Waals surface area contributed by atoms with E-state index in [1.807, 2.05) is 26.0 Å². The predicted octanol–water partition coefficient (Wildman–Crippen LogP) is 4.37. The van der Waals surface area contributed by atoms with E-state index in [4.69, 9.17) is 9.72 Å². The van der Waals surface area contributed by atoms with E-state index in [-0.39, 0.29) is 16.7 Å². The first-order valence-electron chi connectivity index (χ1n) is 11.4. The number of halogens is 1. The number of rotatable bonds is 4. The number of benzene rings is 2. The Balaban J connectivity index is 1.89. The number of ether oxygens (including phenoxy) is 1. The molecule has 0 aliphatic carbocycles. The highest BCUT2D eigenvalue weighted by Crippen LogP contribution is 2.34. The number of nitrogens with zero attached hydrogens (tertiary/aromatic N) is 4. The number of methoxy groups -OCH3 is 1. The number of hydrogen-bond acceptors (Lipinski definition) is 6. The summed E-state index contributed by atoms with van der Waals surface area (Å²) in [6.07, 6.45) is 3.40. The van der Waals surface area contributed by atoms with Gasteiger partial charge in [0.15, 0.2) is 11.6 Å². The Bertz CT molecular complexity index is 1550. The molecule has 2 aromatic heterocycles. The van der Waals surface area contributed by atoms with Crippen molar-refractivity contribution in [1.82, 2.24) is 19.9 Å². The fourth-order valence-electron chi connectivity index (χ4n) is 4.69. The first-order chi connectivity index (χ1) is 16.8. The molecular weight excluding hydrogens is 445 g/mol. The minimum absolute atomic E-state index is 0.0863. The van der Waals surface area contributed by atoms with E-state index in [1.165, 1.54) is 23.8 Å². The Kier molecular flexibility index (Phi) is 5.58. The van der Waals surface area contributed by atoms with Crippen LogP contribution in [-0.4, -0.2) is 28.2 Å². The van der Waals surface area contributed by atoms with Crippen LogP contribution in [0.15, 0.2) is 53.5 Å². The predicted molar refractivity (Wildman–Crippen MR) is 131 cm³/mol. The summed E-state index contributed by atoms with van der Waals surface area (Å²) in [7, 11) is 1.39. The fraction of sp³-hybridized carbons (Fsp3) is 0.259. The van der Waals surface area contributed by atoms with Crippen LogP contribution < -0.4 is 15.6 Å². The Morgan fingerprint density at radius 2 is 2.06 bits per heavy atom. The topological polar surface area (TPSA) is 92.8 Å². The molecule has 2 aromatic carbocycles. The van der Waals surface area contributed by atoms with Crippen LogP contribution in [-0.2, 0) is 5.54 Å². The van der Waals surface area contributed by atoms with Crippen molar-refractivity contribution < 1.29 is 9.13 Å². The van der Waals surface area contributed by atoms with Gasteiger partial charge in [0.2, 0.25) is 0 Å². The van der Waals surface area contributed by atoms with Gasteiger partial charge in [0.1, 0.15) is 5.82 Å². The Morgan fingerprint density at radius 3 is 2.69 bits per heavy atom. The highest BCUT2D eigenvalue weighted by atomic mass is 19.1. The van der Waals surface area contributed by atoms with Crippen molar-refractivity contribution in [3.05, 3.63) is 81.9 Å². The van der Waals surface area contributed by atoms with Crippen molar-refractivity contribution in [3.8, 4) is 28.6 Å². The molecule has 35 heavy (non-hydrogen) atoms. The summed E-state index contributed by atoms with van der Waals surface area (Å²) < 4.78 is 21.2. The van der Waals surface area contributed by atoms with Gasteiger partial charge in [-0.15, -0.1) is 0 Å². The van der Waals surface area contributed by atoms with E-state index >= 15 is 0 Å². The van der Waals surface area contributed by atoms with E-state index in [0.717, 1.165) is 30.6 Å². The van der Waals surface area contributed by atoms with Crippen molar-refractivity contribution >= 4 is 10.9 Å². The third-order valence-corrected chi connectivity index (χ3v) is 6.58. The molecular formula is C27H24FN5O2. The van der Waals surface area contributed by atoms with Crippen LogP contribution in [0.1, 0.15) is 36.8 Å². The molecule has 0 spiro atoms. The van der Waals surface area contributed by atoms with E-state index < -0.39 is 11.4 Å². The van der Waals surface area contributed by atoms with Gasteiger partial charge in [0.25, 0.3) is 5.56 Å². The molecule has 3 heterocycles. The molecule has 0 amide bonds. The normalized spacial score (nSPS) is 17.5. The maximum atomic E-state index is 14.7. The number of aromatic nitrogens is 3. The zero-order chi connectivity index (χ0) is 24.7. The number of nitriles is 1. The molecule has 1 aliphatic rings. The number of fused-ring (bicyclic) bond motifs is 1. The minimum Gasteiger partial charge on any atom is -0.494 e. The van der Waals surface area contributed by atoms with E-state index in [9.17, 15) is 14.4 Å². The second kappa shape index (κ2) is 8.60. The fourth-order valence-corrected chi connectivity index (χ4v) is 4.69. The molecule has 0 unspecified atom stereocenters. The third kappa shape index (κ3) is 3.84. The van der Waals surface area contributed by atoms with Gasteiger partial charge in [0, 0.05) is 29.1 Å². The van der Waals surface area contributed by atoms with Crippen LogP contribution >= 0.6 is 0 Å². The monoisotopic (exact) mass is 469 g/mol.